The molecular weight excluding hydrogens is 278 g/mol. The van der Waals surface area contributed by atoms with Gasteiger partial charge in [-0.15, -0.1) is 0 Å². The van der Waals surface area contributed by atoms with Gasteiger partial charge in [-0.2, -0.15) is 0 Å². The van der Waals surface area contributed by atoms with Crippen molar-refractivity contribution >= 4 is 22.9 Å². The van der Waals surface area contributed by atoms with E-state index in [0.29, 0.717) is 12.2 Å². The fourth-order valence-electron chi connectivity index (χ4n) is 2.90. The molecule has 2 heterocycles. The summed E-state index contributed by atoms with van der Waals surface area (Å²) in [4.78, 5) is 20.7. The summed E-state index contributed by atoms with van der Waals surface area (Å²) in [7, 11) is 0. The number of benzene rings is 1. The fraction of sp³-hybridized carbons (Fsp3) is 0.375. The van der Waals surface area contributed by atoms with Gasteiger partial charge in [-0.05, 0) is 43.6 Å². The number of para-hydroxylation sites is 1. The van der Waals surface area contributed by atoms with Gasteiger partial charge < -0.3 is 4.79 Å². The van der Waals surface area contributed by atoms with Gasteiger partial charge >= 0.3 is 0 Å². The number of likely N-dealkylation sites (tertiary alicyclic amines) is 1. The second kappa shape index (κ2) is 6.56. The van der Waals surface area contributed by atoms with E-state index in [1.807, 2.05) is 30.3 Å². The number of fused-ring (bicyclic) bond motifs is 1. The highest BCUT2D eigenvalue weighted by Gasteiger charge is 2.19. The smallest absolute Gasteiger partial charge is 0.123 e. The standard InChI is InChI=1S/C16H17N5O/c17-20-19-16-9-13(18-15-4-2-1-3-14(15)16)10-21-7-5-12(11-22)6-8-21/h1-4,9,11-12H,5-8,10H2. The quantitative estimate of drug-likeness (QED) is 0.374. The predicted molar refractivity (Wildman–Crippen MR) is 84.6 cm³/mol. The lowest BCUT2D eigenvalue weighted by Gasteiger charge is -2.29. The second-order valence-electron chi connectivity index (χ2n) is 5.59. The summed E-state index contributed by atoms with van der Waals surface area (Å²) in [6.45, 7) is 2.51. The summed E-state index contributed by atoms with van der Waals surface area (Å²) in [6, 6.07) is 9.52. The van der Waals surface area contributed by atoms with Crippen molar-refractivity contribution in [3.63, 3.8) is 0 Å². The van der Waals surface area contributed by atoms with Crippen molar-refractivity contribution in [3.05, 3.63) is 46.5 Å². The number of piperidine rings is 1. The van der Waals surface area contributed by atoms with Gasteiger partial charge in [-0.1, -0.05) is 23.3 Å². The van der Waals surface area contributed by atoms with E-state index in [1.54, 1.807) is 0 Å². The highest BCUT2D eigenvalue weighted by molar-refractivity contribution is 5.89. The third kappa shape index (κ3) is 3.08. The van der Waals surface area contributed by atoms with Crippen LogP contribution in [0.2, 0.25) is 0 Å². The Morgan fingerprint density at radius 2 is 2.14 bits per heavy atom. The number of rotatable bonds is 4. The molecule has 0 N–H and O–H groups in total. The first-order chi connectivity index (χ1) is 10.8. The molecule has 22 heavy (non-hydrogen) atoms. The van der Waals surface area contributed by atoms with Crippen molar-refractivity contribution in [1.82, 2.24) is 9.88 Å². The number of carbonyl (C=O) groups excluding carboxylic acids is 1. The van der Waals surface area contributed by atoms with Crippen LogP contribution >= 0.6 is 0 Å². The van der Waals surface area contributed by atoms with Crippen LogP contribution in [0.15, 0.2) is 35.4 Å². The van der Waals surface area contributed by atoms with Gasteiger partial charge in [-0.3, -0.25) is 9.88 Å². The number of aldehydes is 1. The summed E-state index contributed by atoms with van der Waals surface area (Å²) in [5.41, 5.74) is 11.1. The third-order valence-electron chi connectivity index (χ3n) is 4.11. The first-order valence-corrected chi connectivity index (χ1v) is 7.41. The second-order valence-corrected chi connectivity index (χ2v) is 5.59. The SMILES string of the molecule is [N-]=[N+]=Nc1cc(CN2CCC(C=O)CC2)nc2ccccc12. The van der Waals surface area contributed by atoms with Crippen LogP contribution in [0.3, 0.4) is 0 Å². The lowest BCUT2D eigenvalue weighted by Crippen LogP contribution is -2.33. The average Bonchev–Trinajstić information content (AvgIpc) is 2.56. The molecule has 0 bridgehead atoms. The first-order valence-electron chi connectivity index (χ1n) is 7.41. The molecule has 112 valence electrons. The molecule has 0 aliphatic carbocycles. The van der Waals surface area contributed by atoms with Crippen LogP contribution in [0.25, 0.3) is 21.3 Å². The summed E-state index contributed by atoms with van der Waals surface area (Å²) in [6.07, 6.45) is 2.87. The van der Waals surface area contributed by atoms with Crippen molar-refractivity contribution in [2.45, 2.75) is 19.4 Å². The van der Waals surface area contributed by atoms with Crippen molar-refractivity contribution in [1.29, 1.82) is 0 Å². The number of aromatic nitrogens is 1. The Hall–Kier alpha value is -2.43. The average molecular weight is 295 g/mol. The van der Waals surface area contributed by atoms with E-state index in [4.69, 9.17) is 5.53 Å². The normalized spacial score (nSPS) is 16.4. The van der Waals surface area contributed by atoms with Crippen molar-refractivity contribution in [3.8, 4) is 0 Å². The van der Waals surface area contributed by atoms with Crippen LogP contribution in [0.1, 0.15) is 18.5 Å². The van der Waals surface area contributed by atoms with Crippen LogP contribution in [0, 0.1) is 5.92 Å². The minimum atomic E-state index is 0.194. The van der Waals surface area contributed by atoms with Gasteiger partial charge in [-0.25, -0.2) is 0 Å². The van der Waals surface area contributed by atoms with Crippen molar-refractivity contribution < 1.29 is 4.79 Å². The molecule has 6 heteroatoms. The molecule has 0 unspecified atom stereocenters. The number of nitrogens with zero attached hydrogens (tertiary/aromatic N) is 5. The van der Waals surface area contributed by atoms with Gasteiger partial charge in [0.05, 0.1) is 11.2 Å². The number of carbonyl (C=O) groups is 1. The largest absolute Gasteiger partial charge is 0.303 e. The van der Waals surface area contributed by atoms with Crippen LogP contribution in [-0.2, 0) is 11.3 Å². The Balaban J connectivity index is 1.85. The maximum atomic E-state index is 10.8. The zero-order chi connectivity index (χ0) is 15.4. The minimum absolute atomic E-state index is 0.194. The molecule has 1 aliphatic rings. The Morgan fingerprint density at radius 3 is 2.86 bits per heavy atom. The molecule has 1 fully saturated rings. The van der Waals surface area contributed by atoms with Gasteiger partial charge in [0.25, 0.3) is 0 Å². The molecule has 1 aromatic carbocycles. The lowest BCUT2D eigenvalue weighted by molar-refractivity contribution is -0.112. The highest BCUT2D eigenvalue weighted by Crippen LogP contribution is 2.27. The molecule has 0 radical (unpaired) electrons. The van der Waals surface area contributed by atoms with E-state index in [2.05, 4.69) is 19.9 Å². The summed E-state index contributed by atoms with van der Waals surface area (Å²) in [5.74, 6) is 0.194. The number of azide groups is 1. The summed E-state index contributed by atoms with van der Waals surface area (Å²) in [5, 5.41) is 4.65. The number of hydrogen-bond acceptors (Lipinski definition) is 4. The molecule has 6 nitrogen and oxygen atoms in total. The Morgan fingerprint density at radius 1 is 1.36 bits per heavy atom. The van der Waals surface area contributed by atoms with E-state index < -0.39 is 0 Å². The third-order valence-corrected chi connectivity index (χ3v) is 4.11. The van der Waals surface area contributed by atoms with Crippen LogP contribution in [0.5, 0.6) is 0 Å². The number of hydrogen-bond donors (Lipinski definition) is 0. The molecule has 1 aromatic heterocycles. The van der Waals surface area contributed by atoms with E-state index >= 15 is 0 Å². The molecule has 1 saturated heterocycles. The Labute approximate surface area is 128 Å². The van der Waals surface area contributed by atoms with Crippen molar-refractivity contribution in [2.75, 3.05) is 13.1 Å². The lowest BCUT2D eigenvalue weighted by atomic mass is 9.98. The highest BCUT2D eigenvalue weighted by atomic mass is 16.1. The molecule has 0 saturated carbocycles. The molecule has 2 aromatic rings. The minimum Gasteiger partial charge on any atom is -0.303 e. The fourth-order valence-corrected chi connectivity index (χ4v) is 2.90. The van der Waals surface area contributed by atoms with E-state index in [1.165, 1.54) is 0 Å². The van der Waals surface area contributed by atoms with Crippen LogP contribution in [-0.4, -0.2) is 29.3 Å². The van der Waals surface area contributed by atoms with Gasteiger partial charge in [0.15, 0.2) is 0 Å². The monoisotopic (exact) mass is 295 g/mol. The molecule has 0 spiro atoms. The van der Waals surface area contributed by atoms with E-state index in [9.17, 15) is 4.79 Å². The van der Waals surface area contributed by atoms with Gasteiger partial charge in [0.1, 0.15) is 6.29 Å². The van der Waals surface area contributed by atoms with Crippen molar-refractivity contribution in [2.24, 2.45) is 11.0 Å². The zero-order valence-electron chi connectivity index (χ0n) is 12.2. The predicted octanol–water partition coefficient (Wildman–Crippen LogP) is 3.59. The van der Waals surface area contributed by atoms with E-state index in [-0.39, 0.29) is 5.92 Å². The van der Waals surface area contributed by atoms with Crippen LogP contribution in [0.4, 0.5) is 5.69 Å². The molecular formula is C16H17N5O. The number of pyridine rings is 1. The molecule has 3 rings (SSSR count). The van der Waals surface area contributed by atoms with Gasteiger partial charge in [0, 0.05) is 28.4 Å². The summed E-state index contributed by atoms with van der Waals surface area (Å²) < 4.78 is 0. The Bertz CT molecular complexity index is 730. The molecule has 0 amide bonds. The zero-order valence-corrected chi connectivity index (χ0v) is 12.2. The molecule has 1 aliphatic heterocycles. The maximum absolute atomic E-state index is 10.8. The summed E-state index contributed by atoms with van der Waals surface area (Å²) >= 11 is 0. The Kier molecular flexibility index (Phi) is 4.32. The first kappa shape index (κ1) is 14.5. The topological polar surface area (TPSA) is 82.0 Å². The van der Waals surface area contributed by atoms with Gasteiger partial charge in [0.2, 0.25) is 0 Å². The van der Waals surface area contributed by atoms with E-state index in [0.717, 1.165) is 48.8 Å². The maximum Gasteiger partial charge on any atom is 0.123 e. The van der Waals surface area contributed by atoms with Crippen LogP contribution < -0.4 is 0 Å². The molecule has 0 atom stereocenters.